The predicted molar refractivity (Wildman–Crippen MR) is 135 cm³/mol. The molecule has 0 atom stereocenters. The normalized spacial score (nSPS) is 15.1. The molecule has 10 heteroatoms. The molecule has 204 valence electrons. The van der Waals surface area contributed by atoms with E-state index in [1.54, 1.807) is 20.8 Å². The van der Waals surface area contributed by atoms with E-state index in [-0.39, 0.29) is 36.0 Å². The number of aromatic nitrogens is 1. The van der Waals surface area contributed by atoms with Gasteiger partial charge in [0.05, 0.1) is 11.3 Å². The van der Waals surface area contributed by atoms with E-state index in [0.717, 1.165) is 36.0 Å². The number of esters is 1. The average Bonchev–Trinajstić information content (AvgIpc) is 3.22. The van der Waals surface area contributed by atoms with Crippen LogP contribution in [0.4, 0.5) is 18.0 Å². The molecule has 7 nitrogen and oxygen atoms in total. The summed E-state index contributed by atoms with van der Waals surface area (Å²) in [5.41, 5.74) is -0.510. The zero-order valence-corrected chi connectivity index (χ0v) is 21.7. The van der Waals surface area contributed by atoms with Crippen LogP contribution in [0.3, 0.4) is 0 Å². The maximum atomic E-state index is 14.9. The van der Waals surface area contributed by atoms with E-state index in [1.807, 2.05) is 0 Å². The number of fused-ring (bicyclic) bond motifs is 1. The van der Waals surface area contributed by atoms with Crippen molar-refractivity contribution in [3.05, 3.63) is 92.7 Å². The molecule has 2 aliphatic rings. The number of carbonyl (C=O) groups excluding carboxylic acids is 2. The first-order chi connectivity index (χ1) is 18.4. The van der Waals surface area contributed by atoms with Crippen LogP contribution in [0.15, 0.2) is 47.3 Å². The number of benzene rings is 2. The largest absolute Gasteiger partial charge is 0.444 e. The number of halogens is 3. The summed E-state index contributed by atoms with van der Waals surface area (Å²) in [4.78, 5) is 39.9. The Kier molecular flexibility index (Phi) is 6.74. The predicted octanol–water partition coefficient (Wildman–Crippen LogP) is 5.99. The van der Waals surface area contributed by atoms with Crippen LogP contribution in [-0.2, 0) is 17.8 Å². The lowest BCUT2D eigenvalue weighted by atomic mass is 9.82. The average molecular weight is 541 g/mol. The van der Waals surface area contributed by atoms with Crippen LogP contribution >= 0.6 is 0 Å². The first kappa shape index (κ1) is 26.5. The molecule has 39 heavy (non-hydrogen) atoms. The maximum Gasteiger partial charge on any atom is 0.410 e. The van der Waals surface area contributed by atoms with E-state index in [9.17, 15) is 27.6 Å². The standard InChI is InChI=1S/C29H27F3N2O5/c1-29(2,3)39-28(37)33-14-17-10-20(22(31)11-18(17)15-33)27(36)38-19-12-24(16-6-4-7-16)34(25(35)13-19)23-9-5-8-21(30)26(23)32/h5,8-13,16H,4,6-7,14-15H2,1-3H3. The molecule has 0 N–H and O–H groups in total. The molecule has 2 aromatic carbocycles. The fourth-order valence-corrected chi connectivity index (χ4v) is 4.75. The number of rotatable bonds is 4. The van der Waals surface area contributed by atoms with Crippen molar-refractivity contribution in [3.8, 4) is 11.4 Å². The molecular weight excluding hydrogens is 513 g/mol. The summed E-state index contributed by atoms with van der Waals surface area (Å²) >= 11 is 0. The van der Waals surface area contributed by atoms with Gasteiger partial charge >= 0.3 is 12.1 Å². The van der Waals surface area contributed by atoms with Crippen LogP contribution in [0.5, 0.6) is 5.75 Å². The number of nitrogens with zero attached hydrogens (tertiary/aromatic N) is 2. The van der Waals surface area contributed by atoms with Gasteiger partial charge in [0, 0.05) is 30.9 Å². The quantitative estimate of drug-likeness (QED) is 0.380. The van der Waals surface area contributed by atoms with Crippen molar-refractivity contribution in [3.63, 3.8) is 0 Å². The molecule has 0 radical (unpaired) electrons. The Hall–Kier alpha value is -4.08. The summed E-state index contributed by atoms with van der Waals surface area (Å²) in [6, 6.07) is 8.49. The van der Waals surface area contributed by atoms with E-state index in [1.165, 1.54) is 35.2 Å². The zero-order valence-electron chi connectivity index (χ0n) is 21.7. The molecule has 1 aromatic heterocycles. The third-order valence-electron chi connectivity index (χ3n) is 6.82. The molecule has 0 unspecified atom stereocenters. The fraction of sp³-hybridized carbons (Fsp3) is 0.345. The van der Waals surface area contributed by atoms with Gasteiger partial charge in [-0.25, -0.2) is 22.8 Å². The zero-order chi connectivity index (χ0) is 28.1. The van der Waals surface area contributed by atoms with Gasteiger partial charge in [-0.3, -0.25) is 14.3 Å². The van der Waals surface area contributed by atoms with Crippen LogP contribution in [-0.4, -0.2) is 27.1 Å². The second kappa shape index (κ2) is 9.91. The molecular formula is C29H27F3N2O5. The summed E-state index contributed by atoms with van der Waals surface area (Å²) in [5, 5.41) is 0. The highest BCUT2D eigenvalue weighted by atomic mass is 19.2. The molecule has 1 aliphatic carbocycles. The van der Waals surface area contributed by atoms with Gasteiger partial charge in [0.25, 0.3) is 5.56 Å². The van der Waals surface area contributed by atoms with Crippen molar-refractivity contribution in [1.82, 2.24) is 9.47 Å². The van der Waals surface area contributed by atoms with Gasteiger partial charge in [-0.05, 0) is 74.9 Å². The summed E-state index contributed by atoms with van der Waals surface area (Å²) in [6.45, 7) is 5.49. The topological polar surface area (TPSA) is 77.8 Å². The Labute approximate surface area is 222 Å². The van der Waals surface area contributed by atoms with Gasteiger partial charge in [-0.1, -0.05) is 12.5 Å². The summed E-state index contributed by atoms with van der Waals surface area (Å²) in [5.74, 6) is -4.36. The summed E-state index contributed by atoms with van der Waals surface area (Å²) in [7, 11) is 0. The first-order valence-electron chi connectivity index (χ1n) is 12.6. The van der Waals surface area contributed by atoms with E-state index >= 15 is 0 Å². The molecule has 3 aromatic rings. The Balaban J connectivity index is 1.42. The molecule has 1 aliphatic heterocycles. The minimum absolute atomic E-state index is 0.116. The minimum Gasteiger partial charge on any atom is -0.444 e. The highest BCUT2D eigenvalue weighted by molar-refractivity contribution is 5.92. The summed E-state index contributed by atoms with van der Waals surface area (Å²) in [6.07, 6.45) is 1.79. The van der Waals surface area contributed by atoms with Gasteiger partial charge in [0.1, 0.15) is 17.2 Å². The monoisotopic (exact) mass is 540 g/mol. The minimum atomic E-state index is -1.16. The smallest absolute Gasteiger partial charge is 0.410 e. The highest BCUT2D eigenvalue weighted by Crippen LogP contribution is 2.38. The number of pyridine rings is 1. The number of carbonyl (C=O) groups is 2. The third-order valence-corrected chi connectivity index (χ3v) is 6.82. The van der Waals surface area contributed by atoms with E-state index in [4.69, 9.17) is 9.47 Å². The van der Waals surface area contributed by atoms with Gasteiger partial charge < -0.3 is 9.47 Å². The van der Waals surface area contributed by atoms with E-state index in [2.05, 4.69) is 0 Å². The lowest BCUT2D eigenvalue weighted by Gasteiger charge is -2.29. The maximum absolute atomic E-state index is 14.9. The molecule has 0 bridgehead atoms. The summed E-state index contributed by atoms with van der Waals surface area (Å²) < 4.78 is 55.3. The van der Waals surface area contributed by atoms with Crippen molar-refractivity contribution >= 4 is 12.1 Å². The van der Waals surface area contributed by atoms with Crippen molar-refractivity contribution in [2.75, 3.05) is 0 Å². The van der Waals surface area contributed by atoms with Crippen LogP contribution in [0.2, 0.25) is 0 Å². The van der Waals surface area contributed by atoms with Gasteiger partial charge in [0.2, 0.25) is 0 Å². The Bertz CT molecular complexity index is 1540. The fourth-order valence-electron chi connectivity index (χ4n) is 4.75. The van der Waals surface area contributed by atoms with Gasteiger partial charge in [-0.15, -0.1) is 0 Å². The molecule has 1 fully saturated rings. The number of hydrogen-bond acceptors (Lipinski definition) is 5. The second-order valence-electron chi connectivity index (χ2n) is 10.8. The van der Waals surface area contributed by atoms with Crippen LogP contribution < -0.4 is 10.3 Å². The van der Waals surface area contributed by atoms with Crippen molar-refractivity contribution in [2.45, 2.75) is 64.6 Å². The molecule has 2 heterocycles. The SMILES string of the molecule is CC(C)(C)OC(=O)N1Cc2cc(F)c(C(=O)Oc3cc(C4CCC4)n(-c4cccc(F)c4F)c(=O)c3)cc2C1. The van der Waals surface area contributed by atoms with Crippen LogP contribution in [0.25, 0.3) is 5.69 Å². The van der Waals surface area contributed by atoms with Gasteiger partial charge in [0.15, 0.2) is 11.6 Å². The molecule has 5 rings (SSSR count). The third kappa shape index (κ3) is 5.28. The van der Waals surface area contributed by atoms with Crippen LogP contribution in [0.1, 0.15) is 73.1 Å². The lowest BCUT2D eigenvalue weighted by molar-refractivity contribution is 0.0241. The molecule has 1 saturated carbocycles. The lowest BCUT2D eigenvalue weighted by Crippen LogP contribution is -2.33. The number of ether oxygens (including phenoxy) is 2. The van der Waals surface area contributed by atoms with Crippen molar-refractivity contribution in [2.24, 2.45) is 0 Å². The van der Waals surface area contributed by atoms with E-state index in [0.29, 0.717) is 16.8 Å². The second-order valence-corrected chi connectivity index (χ2v) is 10.8. The number of amides is 1. The molecule has 0 spiro atoms. The van der Waals surface area contributed by atoms with Crippen LogP contribution in [0, 0.1) is 17.5 Å². The van der Waals surface area contributed by atoms with E-state index < -0.39 is 40.7 Å². The highest BCUT2D eigenvalue weighted by Gasteiger charge is 2.31. The molecule has 0 saturated heterocycles. The van der Waals surface area contributed by atoms with Crippen molar-refractivity contribution < 1.29 is 32.2 Å². The first-order valence-corrected chi connectivity index (χ1v) is 12.6. The van der Waals surface area contributed by atoms with Gasteiger partial charge in [-0.2, -0.15) is 0 Å². The Morgan fingerprint density at radius 2 is 1.64 bits per heavy atom. The number of hydrogen-bond donors (Lipinski definition) is 0. The Morgan fingerprint density at radius 3 is 2.28 bits per heavy atom. The van der Waals surface area contributed by atoms with Crippen molar-refractivity contribution in [1.29, 1.82) is 0 Å². The molecule has 1 amide bonds. The Morgan fingerprint density at radius 1 is 0.949 bits per heavy atom.